The molecule has 34 heavy (non-hydrogen) atoms. The van der Waals surface area contributed by atoms with Gasteiger partial charge in [-0.1, -0.05) is 58.1 Å². The third kappa shape index (κ3) is 4.60. The lowest BCUT2D eigenvalue weighted by molar-refractivity contribution is -0.154. The van der Waals surface area contributed by atoms with Gasteiger partial charge in [-0.05, 0) is 56.2 Å². The highest BCUT2D eigenvalue weighted by molar-refractivity contribution is 6.37. The van der Waals surface area contributed by atoms with Crippen LogP contribution in [0.15, 0.2) is 48.0 Å². The largest absolute Gasteiger partial charge is 0.292 e. The van der Waals surface area contributed by atoms with E-state index in [4.69, 9.17) is 46.4 Å². The number of hydrogen-bond donors (Lipinski definition) is 0. The van der Waals surface area contributed by atoms with Crippen LogP contribution in [0.1, 0.15) is 40.5 Å². The molecule has 2 aliphatic rings. The van der Waals surface area contributed by atoms with Crippen LogP contribution in [0.2, 0.25) is 20.1 Å². The van der Waals surface area contributed by atoms with Crippen LogP contribution in [-0.2, 0) is 9.59 Å². The average Bonchev–Trinajstić information content (AvgIpc) is 3.01. The molecule has 176 valence electrons. The Morgan fingerprint density at radius 2 is 1.47 bits per heavy atom. The zero-order chi connectivity index (χ0) is 24.7. The van der Waals surface area contributed by atoms with E-state index in [2.05, 4.69) is 0 Å². The Hall–Kier alpha value is -2.38. The molecule has 0 unspecified atom stereocenters. The minimum Gasteiger partial charge on any atom is -0.292 e. The Bertz CT molecular complexity index is 1260. The van der Waals surface area contributed by atoms with Crippen LogP contribution in [0.5, 0.6) is 0 Å². The Balaban J connectivity index is 1.74. The number of imide groups is 1. The zero-order valence-corrected chi connectivity index (χ0v) is 20.9. The van der Waals surface area contributed by atoms with Crippen molar-refractivity contribution in [1.29, 1.82) is 0 Å². The molecule has 3 amide bonds. The first kappa shape index (κ1) is 24.7. The number of ketones is 1. The number of halogens is 4. The molecule has 1 fully saturated rings. The van der Waals surface area contributed by atoms with Gasteiger partial charge in [0, 0.05) is 15.6 Å². The zero-order valence-electron chi connectivity index (χ0n) is 17.9. The molecule has 0 aromatic heterocycles. The minimum atomic E-state index is -0.787. The lowest BCUT2D eigenvalue weighted by atomic mass is 9.82. The predicted molar refractivity (Wildman–Crippen MR) is 130 cm³/mol. The highest BCUT2D eigenvalue weighted by atomic mass is 35.5. The fraction of sp³-hybridized carbons (Fsp3) is 0.250. The molecule has 0 radical (unpaired) electrons. The maximum absolute atomic E-state index is 13.6. The first-order valence-corrected chi connectivity index (χ1v) is 11.9. The number of Topliss-reactive ketones (excluding diaryl/α,β-unsaturated/α-hetero) is 1. The second kappa shape index (κ2) is 9.70. The number of fused-ring (bicyclic) bond motifs is 1. The normalized spacial score (nSPS) is 19.7. The molecule has 1 aliphatic carbocycles. The Kier molecular flexibility index (Phi) is 7.06. The summed E-state index contributed by atoms with van der Waals surface area (Å²) in [7, 11) is 0. The van der Waals surface area contributed by atoms with Gasteiger partial charge in [-0.3, -0.25) is 19.2 Å². The molecule has 2 atom stereocenters. The fourth-order valence-corrected chi connectivity index (χ4v) is 5.23. The molecule has 0 N–H and O–H groups in total. The molecule has 1 saturated heterocycles. The van der Waals surface area contributed by atoms with Crippen LogP contribution >= 0.6 is 46.4 Å². The number of hydrazine groups is 1. The third-order valence-corrected chi connectivity index (χ3v) is 7.06. The van der Waals surface area contributed by atoms with Crippen molar-refractivity contribution in [3.8, 4) is 0 Å². The van der Waals surface area contributed by atoms with Gasteiger partial charge in [0.15, 0.2) is 5.78 Å². The molecular weight excluding hydrogens is 522 g/mol. The van der Waals surface area contributed by atoms with Gasteiger partial charge < -0.3 is 0 Å². The van der Waals surface area contributed by atoms with Gasteiger partial charge in [-0.2, -0.15) is 5.01 Å². The monoisotopic (exact) mass is 538 g/mol. The molecule has 4 rings (SSSR count). The topological polar surface area (TPSA) is 74.8 Å². The summed E-state index contributed by atoms with van der Waals surface area (Å²) < 4.78 is 0. The van der Waals surface area contributed by atoms with Gasteiger partial charge in [0.25, 0.3) is 17.7 Å². The average molecular weight is 540 g/mol. The maximum atomic E-state index is 13.6. The summed E-state index contributed by atoms with van der Waals surface area (Å²) in [5.74, 6) is -3.62. The van der Waals surface area contributed by atoms with E-state index in [0.717, 1.165) is 15.6 Å². The number of carbonyl (C=O) groups excluding carboxylic acids is 4. The SMILES string of the molecule is CC1=CC[C@@H]2C(=O)N(N(CC(=O)c3ccc(Cl)cc3Cl)C(=O)c3ccc(Cl)cc3Cl)C(=O)[C@H]2C1. The summed E-state index contributed by atoms with van der Waals surface area (Å²) in [4.78, 5) is 53.3. The second-order valence-corrected chi connectivity index (χ2v) is 9.91. The lowest BCUT2D eigenvalue weighted by Gasteiger charge is -2.30. The van der Waals surface area contributed by atoms with Crippen molar-refractivity contribution in [2.24, 2.45) is 11.8 Å². The van der Waals surface area contributed by atoms with Crippen molar-refractivity contribution < 1.29 is 19.2 Å². The van der Waals surface area contributed by atoms with Crippen LogP contribution in [0.25, 0.3) is 0 Å². The van der Waals surface area contributed by atoms with Crippen molar-refractivity contribution in [3.63, 3.8) is 0 Å². The van der Waals surface area contributed by atoms with Crippen molar-refractivity contribution in [2.45, 2.75) is 19.8 Å². The maximum Gasteiger partial charge on any atom is 0.274 e. The Morgan fingerprint density at radius 1 is 0.912 bits per heavy atom. The summed E-state index contributed by atoms with van der Waals surface area (Å²) in [6.45, 7) is 1.28. The molecular formula is C24H18Cl4N2O4. The first-order chi connectivity index (χ1) is 16.1. The first-order valence-electron chi connectivity index (χ1n) is 10.4. The van der Waals surface area contributed by atoms with Gasteiger partial charge in [-0.25, -0.2) is 5.01 Å². The summed E-state index contributed by atoms with van der Waals surface area (Å²) in [5, 5.41) is 2.38. The van der Waals surface area contributed by atoms with Crippen LogP contribution in [-0.4, -0.2) is 40.1 Å². The number of benzene rings is 2. The summed E-state index contributed by atoms with van der Waals surface area (Å²) >= 11 is 24.3. The van der Waals surface area contributed by atoms with Crippen molar-refractivity contribution in [1.82, 2.24) is 10.0 Å². The molecule has 1 heterocycles. The molecule has 2 aromatic rings. The van der Waals surface area contributed by atoms with E-state index in [1.165, 1.54) is 36.4 Å². The summed E-state index contributed by atoms with van der Waals surface area (Å²) in [6.07, 6.45) is 2.71. The van der Waals surface area contributed by atoms with Gasteiger partial charge in [-0.15, -0.1) is 0 Å². The van der Waals surface area contributed by atoms with Crippen LogP contribution in [0.4, 0.5) is 0 Å². The minimum absolute atomic E-state index is 0.00847. The smallest absolute Gasteiger partial charge is 0.274 e. The van der Waals surface area contributed by atoms with E-state index in [0.29, 0.717) is 22.9 Å². The number of allylic oxidation sites excluding steroid dienone is 2. The Morgan fingerprint density at radius 3 is 2.06 bits per heavy atom. The van der Waals surface area contributed by atoms with Crippen LogP contribution in [0, 0.1) is 11.8 Å². The van der Waals surface area contributed by atoms with Gasteiger partial charge >= 0.3 is 0 Å². The van der Waals surface area contributed by atoms with E-state index in [9.17, 15) is 19.2 Å². The van der Waals surface area contributed by atoms with E-state index >= 15 is 0 Å². The van der Waals surface area contributed by atoms with Crippen LogP contribution in [0.3, 0.4) is 0 Å². The summed E-state index contributed by atoms with van der Waals surface area (Å²) in [5.41, 5.74) is 1.08. The van der Waals surface area contributed by atoms with Gasteiger partial charge in [0.05, 0.1) is 27.4 Å². The number of amides is 3. The second-order valence-electron chi connectivity index (χ2n) is 8.23. The van der Waals surface area contributed by atoms with E-state index in [1.807, 2.05) is 13.0 Å². The number of rotatable bonds is 5. The van der Waals surface area contributed by atoms with Crippen molar-refractivity contribution >= 4 is 69.9 Å². The molecule has 0 bridgehead atoms. The van der Waals surface area contributed by atoms with Crippen LogP contribution < -0.4 is 0 Å². The van der Waals surface area contributed by atoms with E-state index in [1.54, 1.807) is 0 Å². The summed E-state index contributed by atoms with van der Waals surface area (Å²) in [6, 6.07) is 8.51. The lowest BCUT2D eigenvalue weighted by Crippen LogP contribution is -2.52. The highest BCUT2D eigenvalue weighted by Gasteiger charge is 2.52. The van der Waals surface area contributed by atoms with E-state index in [-0.39, 0.29) is 21.2 Å². The standard InChI is InChI=1S/C24H18Cl4N2O4/c1-12-2-5-15-18(8-12)24(34)30(23(15)33)29(22(32)17-7-4-14(26)10-20(17)28)11-21(31)16-6-3-13(25)9-19(16)27/h2-4,6-7,9-10,15,18H,5,8,11H2,1H3/t15-,18-/m0/s1. The van der Waals surface area contributed by atoms with E-state index < -0.39 is 41.9 Å². The molecule has 2 aromatic carbocycles. The third-order valence-electron chi connectivity index (χ3n) is 5.96. The number of carbonyl (C=O) groups is 4. The molecule has 0 saturated carbocycles. The predicted octanol–water partition coefficient (Wildman–Crippen LogP) is 5.88. The number of nitrogens with zero attached hydrogens (tertiary/aromatic N) is 2. The Labute approximate surface area is 216 Å². The van der Waals surface area contributed by atoms with Crippen molar-refractivity contribution in [3.05, 3.63) is 79.3 Å². The molecule has 10 heteroatoms. The highest BCUT2D eigenvalue weighted by Crippen LogP contribution is 2.39. The molecule has 1 aliphatic heterocycles. The molecule has 6 nitrogen and oxygen atoms in total. The van der Waals surface area contributed by atoms with Crippen molar-refractivity contribution in [2.75, 3.05) is 6.54 Å². The molecule has 0 spiro atoms. The van der Waals surface area contributed by atoms with Gasteiger partial charge in [0.1, 0.15) is 6.54 Å². The fourth-order valence-electron chi connectivity index (χ4n) is 4.23. The number of hydrogen-bond acceptors (Lipinski definition) is 4. The van der Waals surface area contributed by atoms with Gasteiger partial charge in [0.2, 0.25) is 0 Å². The quantitative estimate of drug-likeness (QED) is 0.270.